The van der Waals surface area contributed by atoms with Crippen molar-refractivity contribution in [2.24, 2.45) is 0 Å². The molecule has 0 atom stereocenters. The number of rotatable bonds is 5. The van der Waals surface area contributed by atoms with Gasteiger partial charge in [-0.1, -0.05) is 6.92 Å². The third-order valence-corrected chi connectivity index (χ3v) is 4.22. The summed E-state index contributed by atoms with van der Waals surface area (Å²) in [6.45, 7) is 6.34. The molecule has 0 unspecified atom stereocenters. The molecule has 2 aromatic rings. The number of aryl methyl sites for hydroxylation is 2. The number of hydrogen-bond acceptors (Lipinski definition) is 5. The number of pyridine rings is 1. The van der Waals surface area contributed by atoms with Gasteiger partial charge in [-0.3, -0.25) is 4.79 Å². The normalized spacial score (nSPS) is 16.1. The Hall–Kier alpha value is -1.95. The molecule has 0 bridgehead atoms. The summed E-state index contributed by atoms with van der Waals surface area (Å²) >= 11 is 0. The van der Waals surface area contributed by atoms with Crippen molar-refractivity contribution in [3.05, 3.63) is 17.5 Å². The van der Waals surface area contributed by atoms with Crippen LogP contribution in [0.25, 0.3) is 11.0 Å². The molecule has 0 spiro atoms. The maximum Gasteiger partial charge on any atom is 0.160 e. The Bertz CT molecular complexity index is 674. The lowest BCUT2D eigenvalue weighted by Crippen LogP contribution is -2.28. The van der Waals surface area contributed by atoms with Crippen LogP contribution in [0.2, 0.25) is 0 Å². The summed E-state index contributed by atoms with van der Waals surface area (Å²) in [6.07, 6.45) is 5.34. The van der Waals surface area contributed by atoms with E-state index in [0.717, 1.165) is 67.7 Å². The summed E-state index contributed by atoms with van der Waals surface area (Å²) in [7, 11) is 0. The average molecular weight is 302 g/mol. The number of anilines is 1. The van der Waals surface area contributed by atoms with E-state index in [2.05, 4.69) is 15.4 Å². The highest BCUT2D eigenvalue weighted by atomic mass is 16.5. The first-order chi connectivity index (χ1) is 10.8. The van der Waals surface area contributed by atoms with Gasteiger partial charge in [-0.25, -0.2) is 9.67 Å². The molecule has 1 aliphatic heterocycles. The van der Waals surface area contributed by atoms with Crippen LogP contribution in [-0.2, 0) is 17.7 Å². The smallest absolute Gasteiger partial charge is 0.160 e. The van der Waals surface area contributed by atoms with Gasteiger partial charge < -0.3 is 10.1 Å². The van der Waals surface area contributed by atoms with Gasteiger partial charge in [0, 0.05) is 25.8 Å². The highest BCUT2D eigenvalue weighted by Gasteiger charge is 2.21. The summed E-state index contributed by atoms with van der Waals surface area (Å²) in [4.78, 5) is 16.3. The van der Waals surface area contributed by atoms with Crippen molar-refractivity contribution in [3.8, 4) is 0 Å². The molecule has 1 saturated heterocycles. The molecule has 1 fully saturated rings. The molecule has 22 heavy (non-hydrogen) atoms. The molecule has 1 N–H and O–H groups in total. The minimum atomic E-state index is 0.327. The van der Waals surface area contributed by atoms with E-state index in [4.69, 9.17) is 4.74 Å². The summed E-state index contributed by atoms with van der Waals surface area (Å²) in [6, 6.07) is 0.327. The van der Waals surface area contributed by atoms with Gasteiger partial charge in [-0.05, 0) is 26.2 Å². The van der Waals surface area contributed by atoms with Gasteiger partial charge in [0.25, 0.3) is 0 Å². The van der Waals surface area contributed by atoms with E-state index in [1.807, 2.05) is 18.5 Å². The molecule has 2 aromatic heterocycles. The molecule has 6 heteroatoms. The van der Waals surface area contributed by atoms with Crippen LogP contribution in [0.1, 0.15) is 42.7 Å². The first kappa shape index (κ1) is 15.0. The molecule has 118 valence electrons. The molecule has 1 aliphatic rings. The second-order valence-corrected chi connectivity index (χ2v) is 5.55. The summed E-state index contributed by atoms with van der Waals surface area (Å²) in [5, 5.41) is 8.87. The van der Waals surface area contributed by atoms with Crippen molar-refractivity contribution in [2.75, 3.05) is 18.5 Å². The zero-order valence-electron chi connectivity index (χ0n) is 13.1. The molecular formula is C16H22N4O2. The Morgan fingerprint density at radius 3 is 2.82 bits per heavy atom. The average Bonchev–Trinajstić information content (AvgIpc) is 2.98. The van der Waals surface area contributed by atoms with E-state index in [-0.39, 0.29) is 0 Å². The van der Waals surface area contributed by atoms with Crippen molar-refractivity contribution >= 4 is 23.0 Å². The third-order valence-electron chi connectivity index (χ3n) is 4.22. The maximum atomic E-state index is 11.6. The van der Waals surface area contributed by atoms with Crippen LogP contribution >= 0.6 is 0 Å². The summed E-state index contributed by atoms with van der Waals surface area (Å²) < 4.78 is 7.28. The van der Waals surface area contributed by atoms with Crippen LogP contribution in [0.15, 0.2) is 6.20 Å². The summed E-state index contributed by atoms with van der Waals surface area (Å²) in [5.41, 5.74) is 3.22. The van der Waals surface area contributed by atoms with Gasteiger partial charge in [0.1, 0.15) is 0 Å². The SMILES string of the molecule is CCc1nc2c(cnn2CC)c(NC2CCOCC2)c1C=O. The van der Waals surface area contributed by atoms with E-state index in [9.17, 15) is 4.79 Å². The Morgan fingerprint density at radius 1 is 1.41 bits per heavy atom. The van der Waals surface area contributed by atoms with Crippen LogP contribution in [0.3, 0.4) is 0 Å². The van der Waals surface area contributed by atoms with E-state index < -0.39 is 0 Å². The van der Waals surface area contributed by atoms with E-state index in [0.29, 0.717) is 11.6 Å². The van der Waals surface area contributed by atoms with Crippen molar-refractivity contribution in [3.63, 3.8) is 0 Å². The summed E-state index contributed by atoms with van der Waals surface area (Å²) in [5.74, 6) is 0. The number of carbonyl (C=O) groups is 1. The van der Waals surface area contributed by atoms with Crippen molar-refractivity contribution in [1.82, 2.24) is 14.8 Å². The minimum absolute atomic E-state index is 0.327. The van der Waals surface area contributed by atoms with Crippen LogP contribution in [0.4, 0.5) is 5.69 Å². The molecule has 3 heterocycles. The Labute approximate surface area is 129 Å². The monoisotopic (exact) mass is 302 g/mol. The zero-order chi connectivity index (χ0) is 15.5. The molecule has 0 saturated carbocycles. The Balaban J connectivity index is 2.11. The number of ether oxygens (including phenoxy) is 1. The number of aldehydes is 1. The second kappa shape index (κ2) is 6.44. The Morgan fingerprint density at radius 2 is 2.18 bits per heavy atom. The molecule has 3 rings (SSSR count). The molecule has 6 nitrogen and oxygen atoms in total. The third kappa shape index (κ3) is 2.59. The van der Waals surface area contributed by atoms with Gasteiger partial charge >= 0.3 is 0 Å². The first-order valence-electron chi connectivity index (χ1n) is 7.96. The lowest BCUT2D eigenvalue weighted by molar-refractivity contribution is 0.0904. The predicted octanol–water partition coefficient (Wildman–Crippen LogP) is 2.42. The fourth-order valence-corrected chi connectivity index (χ4v) is 2.98. The number of nitrogens with zero attached hydrogens (tertiary/aromatic N) is 3. The lowest BCUT2D eigenvalue weighted by Gasteiger charge is -2.25. The quantitative estimate of drug-likeness (QED) is 0.859. The van der Waals surface area contributed by atoms with Crippen LogP contribution in [0, 0.1) is 0 Å². The maximum absolute atomic E-state index is 11.6. The van der Waals surface area contributed by atoms with Gasteiger partial charge in [-0.15, -0.1) is 0 Å². The highest BCUT2D eigenvalue weighted by Crippen LogP contribution is 2.29. The topological polar surface area (TPSA) is 69.0 Å². The van der Waals surface area contributed by atoms with Gasteiger partial charge in [0.2, 0.25) is 0 Å². The number of aromatic nitrogens is 3. The standard InChI is InChI=1S/C16H22N4O2/c1-3-14-13(10-21)15(18-11-5-7-22-8-6-11)12-9-17-20(4-2)16(12)19-14/h9-11H,3-8H2,1-2H3,(H,18,19). The van der Waals surface area contributed by atoms with E-state index >= 15 is 0 Å². The van der Waals surface area contributed by atoms with Crippen molar-refractivity contribution < 1.29 is 9.53 Å². The number of nitrogens with one attached hydrogen (secondary N) is 1. The van der Waals surface area contributed by atoms with E-state index in [1.165, 1.54) is 0 Å². The van der Waals surface area contributed by atoms with Crippen LogP contribution < -0.4 is 5.32 Å². The fraction of sp³-hybridized carbons (Fsp3) is 0.562. The van der Waals surface area contributed by atoms with Gasteiger partial charge in [0.05, 0.1) is 28.5 Å². The molecular weight excluding hydrogens is 280 g/mol. The fourth-order valence-electron chi connectivity index (χ4n) is 2.98. The highest BCUT2D eigenvalue weighted by molar-refractivity contribution is 6.00. The zero-order valence-corrected chi connectivity index (χ0v) is 13.1. The van der Waals surface area contributed by atoms with Crippen molar-refractivity contribution in [2.45, 2.75) is 45.7 Å². The molecule has 0 aliphatic carbocycles. The first-order valence-corrected chi connectivity index (χ1v) is 7.96. The predicted molar refractivity (Wildman–Crippen MR) is 85.4 cm³/mol. The lowest BCUT2D eigenvalue weighted by atomic mass is 10.0. The number of fused-ring (bicyclic) bond motifs is 1. The van der Waals surface area contributed by atoms with Gasteiger partial charge in [-0.2, -0.15) is 5.10 Å². The molecule has 0 amide bonds. The van der Waals surface area contributed by atoms with Crippen molar-refractivity contribution in [1.29, 1.82) is 0 Å². The number of hydrogen-bond donors (Lipinski definition) is 1. The van der Waals surface area contributed by atoms with Gasteiger partial charge in [0.15, 0.2) is 11.9 Å². The molecule has 0 aromatic carbocycles. The largest absolute Gasteiger partial charge is 0.381 e. The Kier molecular flexibility index (Phi) is 4.38. The minimum Gasteiger partial charge on any atom is -0.381 e. The second-order valence-electron chi connectivity index (χ2n) is 5.55. The molecule has 0 radical (unpaired) electrons. The van der Waals surface area contributed by atoms with Crippen LogP contribution in [-0.4, -0.2) is 40.3 Å². The van der Waals surface area contributed by atoms with E-state index in [1.54, 1.807) is 6.20 Å². The van der Waals surface area contributed by atoms with Crippen LogP contribution in [0.5, 0.6) is 0 Å². The number of carbonyl (C=O) groups excluding carboxylic acids is 1.